The summed E-state index contributed by atoms with van der Waals surface area (Å²) in [4.78, 5) is 27.7. The maximum Gasteiger partial charge on any atom is 0.257 e. The van der Waals surface area contributed by atoms with Crippen LogP contribution in [0.1, 0.15) is 35.8 Å². The van der Waals surface area contributed by atoms with Crippen LogP contribution in [0.3, 0.4) is 0 Å². The van der Waals surface area contributed by atoms with Crippen molar-refractivity contribution in [1.82, 2.24) is 14.9 Å². The third-order valence-electron chi connectivity index (χ3n) is 4.37. The molecule has 0 aliphatic carbocycles. The predicted molar refractivity (Wildman–Crippen MR) is 97.3 cm³/mol. The lowest BCUT2D eigenvalue weighted by Crippen LogP contribution is -2.49. The number of carbonyl (C=O) groups excluding carboxylic acids is 1. The molecule has 0 saturated carbocycles. The molecule has 2 aromatic heterocycles. The van der Waals surface area contributed by atoms with Gasteiger partial charge in [-0.2, -0.15) is 4.98 Å². The molecule has 1 aliphatic rings. The summed E-state index contributed by atoms with van der Waals surface area (Å²) in [5, 5.41) is 0. The lowest BCUT2D eigenvalue weighted by atomic mass is 10.1. The highest BCUT2D eigenvalue weighted by Crippen LogP contribution is 2.23. The van der Waals surface area contributed by atoms with Crippen LogP contribution in [0.15, 0.2) is 29.1 Å². The van der Waals surface area contributed by atoms with Gasteiger partial charge in [0.05, 0.1) is 17.5 Å². The highest BCUT2D eigenvalue weighted by atomic mass is 16.3. The number of carbonyl (C=O) groups is 1. The van der Waals surface area contributed by atoms with Gasteiger partial charge in [0, 0.05) is 46.3 Å². The number of nitrogens with zero attached hydrogens (tertiary/aromatic N) is 5. The normalized spacial score (nSPS) is 14.9. The molecule has 0 unspecified atom stereocenters. The monoisotopic (exact) mass is 343 g/mol. The van der Waals surface area contributed by atoms with Crippen LogP contribution in [0.4, 0.5) is 11.8 Å². The maximum atomic E-state index is 12.4. The first-order chi connectivity index (χ1) is 12.0. The number of hydrogen-bond acceptors (Lipinski definition) is 6. The maximum absolute atomic E-state index is 12.4. The van der Waals surface area contributed by atoms with E-state index in [1.807, 2.05) is 23.9 Å². The van der Waals surface area contributed by atoms with Crippen molar-refractivity contribution in [2.45, 2.75) is 19.8 Å². The Hall–Kier alpha value is -2.57. The minimum absolute atomic E-state index is 0.0212. The average molecular weight is 343 g/mol. The first kappa shape index (κ1) is 17.3. The summed E-state index contributed by atoms with van der Waals surface area (Å²) in [6.45, 7) is 7.11. The van der Waals surface area contributed by atoms with Gasteiger partial charge in [0.1, 0.15) is 12.1 Å². The first-order valence-electron chi connectivity index (χ1n) is 8.58. The minimum atomic E-state index is 0.0212. The molecule has 0 N–H and O–H groups in total. The van der Waals surface area contributed by atoms with Crippen molar-refractivity contribution in [2.24, 2.45) is 0 Å². The van der Waals surface area contributed by atoms with Gasteiger partial charge in [-0.1, -0.05) is 13.8 Å². The van der Waals surface area contributed by atoms with Crippen molar-refractivity contribution >= 4 is 17.7 Å². The zero-order chi connectivity index (χ0) is 18.0. The van der Waals surface area contributed by atoms with Gasteiger partial charge in [0.15, 0.2) is 0 Å². The van der Waals surface area contributed by atoms with E-state index in [4.69, 9.17) is 4.42 Å². The summed E-state index contributed by atoms with van der Waals surface area (Å²) < 4.78 is 5.01. The second-order valence-electron chi connectivity index (χ2n) is 6.79. The summed E-state index contributed by atoms with van der Waals surface area (Å²) in [6.07, 6.45) is 3.03. The van der Waals surface area contributed by atoms with Crippen LogP contribution in [0, 0.1) is 0 Å². The zero-order valence-electron chi connectivity index (χ0n) is 15.3. The van der Waals surface area contributed by atoms with Gasteiger partial charge in [-0.05, 0) is 12.0 Å². The Morgan fingerprint density at radius 2 is 1.92 bits per heavy atom. The van der Waals surface area contributed by atoms with Crippen molar-refractivity contribution in [3.8, 4) is 0 Å². The first-order valence-corrected chi connectivity index (χ1v) is 8.58. The van der Waals surface area contributed by atoms with Gasteiger partial charge in [-0.25, -0.2) is 4.98 Å². The van der Waals surface area contributed by atoms with Crippen molar-refractivity contribution in [1.29, 1.82) is 0 Å². The van der Waals surface area contributed by atoms with Crippen molar-refractivity contribution in [3.63, 3.8) is 0 Å². The number of aromatic nitrogens is 2. The summed E-state index contributed by atoms with van der Waals surface area (Å²) in [5.41, 5.74) is 1.64. The molecule has 0 radical (unpaired) electrons. The molecule has 25 heavy (non-hydrogen) atoms. The SMILES string of the molecule is CC(C)c1cc(N2CCN(C(=O)c3ccoc3)CC2)nc(N(C)C)n1. The molecule has 1 fully saturated rings. The molecule has 0 spiro atoms. The Morgan fingerprint density at radius 3 is 2.48 bits per heavy atom. The Bertz CT molecular complexity index is 693. The largest absolute Gasteiger partial charge is 0.472 e. The third kappa shape index (κ3) is 3.75. The molecule has 0 aromatic carbocycles. The van der Waals surface area contributed by atoms with E-state index in [0.29, 0.717) is 24.6 Å². The topological polar surface area (TPSA) is 65.7 Å². The summed E-state index contributed by atoms with van der Waals surface area (Å²) in [5.74, 6) is 2.01. The van der Waals surface area contributed by atoms with Crippen molar-refractivity contribution < 1.29 is 9.21 Å². The Morgan fingerprint density at radius 1 is 1.20 bits per heavy atom. The van der Waals surface area contributed by atoms with E-state index in [0.717, 1.165) is 30.5 Å². The van der Waals surface area contributed by atoms with Crippen LogP contribution >= 0.6 is 0 Å². The third-order valence-corrected chi connectivity index (χ3v) is 4.37. The highest BCUT2D eigenvalue weighted by molar-refractivity contribution is 5.94. The molecule has 134 valence electrons. The Kier molecular flexibility index (Phi) is 4.92. The molecule has 7 heteroatoms. The number of piperazine rings is 1. The van der Waals surface area contributed by atoms with E-state index in [-0.39, 0.29) is 5.91 Å². The predicted octanol–water partition coefficient (Wildman–Crippen LogP) is 2.22. The molecule has 1 amide bonds. The molecular formula is C18H25N5O2. The molecule has 0 atom stereocenters. The second-order valence-corrected chi connectivity index (χ2v) is 6.79. The molecule has 1 saturated heterocycles. The number of rotatable bonds is 4. The fourth-order valence-corrected chi connectivity index (χ4v) is 2.80. The van der Waals surface area contributed by atoms with Gasteiger partial charge in [-0.15, -0.1) is 0 Å². The standard InChI is InChI=1S/C18H25N5O2/c1-13(2)15-11-16(20-18(19-15)21(3)4)22-6-8-23(9-7-22)17(24)14-5-10-25-12-14/h5,10-13H,6-9H2,1-4H3. The van der Waals surface area contributed by atoms with Gasteiger partial charge in [0.25, 0.3) is 5.91 Å². The lowest BCUT2D eigenvalue weighted by molar-refractivity contribution is 0.0746. The van der Waals surface area contributed by atoms with Crippen molar-refractivity contribution in [3.05, 3.63) is 35.9 Å². The van der Waals surface area contributed by atoms with E-state index in [1.165, 1.54) is 12.5 Å². The van der Waals surface area contributed by atoms with Gasteiger partial charge in [0.2, 0.25) is 5.95 Å². The summed E-state index contributed by atoms with van der Waals surface area (Å²) >= 11 is 0. The second kappa shape index (κ2) is 7.13. The number of furan rings is 1. The van der Waals surface area contributed by atoms with Crippen LogP contribution in [0.2, 0.25) is 0 Å². The summed E-state index contributed by atoms with van der Waals surface area (Å²) in [6, 6.07) is 3.77. The van der Waals surface area contributed by atoms with Crippen LogP contribution in [-0.4, -0.2) is 61.0 Å². The number of amides is 1. The van der Waals surface area contributed by atoms with Crippen LogP contribution in [-0.2, 0) is 0 Å². The molecular weight excluding hydrogens is 318 g/mol. The van der Waals surface area contributed by atoms with E-state index >= 15 is 0 Å². The van der Waals surface area contributed by atoms with Gasteiger partial charge < -0.3 is 19.1 Å². The van der Waals surface area contributed by atoms with E-state index in [1.54, 1.807) is 6.07 Å². The molecule has 3 heterocycles. The van der Waals surface area contributed by atoms with Crippen molar-refractivity contribution in [2.75, 3.05) is 50.1 Å². The minimum Gasteiger partial charge on any atom is -0.472 e. The summed E-state index contributed by atoms with van der Waals surface area (Å²) in [7, 11) is 3.90. The fourth-order valence-electron chi connectivity index (χ4n) is 2.80. The number of anilines is 2. The van der Waals surface area contributed by atoms with E-state index in [2.05, 4.69) is 34.8 Å². The molecule has 1 aliphatic heterocycles. The van der Waals surface area contributed by atoms with Crippen LogP contribution in [0.5, 0.6) is 0 Å². The molecule has 3 rings (SSSR count). The van der Waals surface area contributed by atoms with E-state index in [9.17, 15) is 4.79 Å². The lowest BCUT2D eigenvalue weighted by Gasteiger charge is -2.35. The van der Waals surface area contributed by atoms with E-state index < -0.39 is 0 Å². The Balaban J connectivity index is 1.73. The average Bonchev–Trinajstić information content (AvgIpc) is 3.15. The molecule has 7 nitrogen and oxygen atoms in total. The smallest absolute Gasteiger partial charge is 0.257 e. The Labute approximate surface area is 148 Å². The zero-order valence-corrected chi connectivity index (χ0v) is 15.3. The molecule has 2 aromatic rings. The number of hydrogen-bond donors (Lipinski definition) is 0. The fraction of sp³-hybridized carbons (Fsp3) is 0.500. The highest BCUT2D eigenvalue weighted by Gasteiger charge is 2.24. The van der Waals surface area contributed by atoms with Gasteiger partial charge >= 0.3 is 0 Å². The van der Waals surface area contributed by atoms with Gasteiger partial charge in [-0.3, -0.25) is 4.79 Å². The van der Waals surface area contributed by atoms with Crippen LogP contribution < -0.4 is 9.80 Å². The van der Waals surface area contributed by atoms with Crippen LogP contribution in [0.25, 0.3) is 0 Å². The quantitative estimate of drug-likeness (QED) is 0.848. The molecule has 0 bridgehead atoms.